The van der Waals surface area contributed by atoms with Gasteiger partial charge < -0.3 is 14.8 Å². The quantitative estimate of drug-likeness (QED) is 0.650. The number of hydrogen-bond acceptors (Lipinski definition) is 4. The number of benzene rings is 2. The molecule has 3 aromatic rings. The molecule has 0 fully saturated rings. The summed E-state index contributed by atoms with van der Waals surface area (Å²) < 4.78 is 48.5. The van der Waals surface area contributed by atoms with E-state index in [1.54, 1.807) is 19.4 Å². The van der Waals surface area contributed by atoms with Crippen molar-refractivity contribution < 1.29 is 22.6 Å². The molecule has 26 heavy (non-hydrogen) atoms. The summed E-state index contributed by atoms with van der Waals surface area (Å²) >= 11 is 0. The van der Waals surface area contributed by atoms with E-state index < -0.39 is 11.7 Å². The van der Waals surface area contributed by atoms with Gasteiger partial charge in [0.1, 0.15) is 5.82 Å². The summed E-state index contributed by atoms with van der Waals surface area (Å²) in [5.41, 5.74) is -0.196. The van der Waals surface area contributed by atoms with Crippen LogP contribution in [0.3, 0.4) is 0 Å². The van der Waals surface area contributed by atoms with Crippen molar-refractivity contribution in [3.63, 3.8) is 0 Å². The van der Waals surface area contributed by atoms with Gasteiger partial charge in [0.05, 0.1) is 19.8 Å². The first-order valence-corrected chi connectivity index (χ1v) is 7.37. The Morgan fingerprint density at radius 1 is 0.923 bits per heavy atom. The Labute approximate surface area is 154 Å². The lowest BCUT2D eigenvalue weighted by molar-refractivity contribution is -0.137. The number of anilines is 2. The fourth-order valence-electron chi connectivity index (χ4n) is 2.48. The Bertz CT molecular complexity index is 899. The van der Waals surface area contributed by atoms with E-state index in [0.717, 1.165) is 22.9 Å². The highest BCUT2D eigenvalue weighted by molar-refractivity contribution is 5.95. The largest absolute Gasteiger partial charge is 0.493 e. The first kappa shape index (κ1) is 19.7. The molecule has 3 rings (SSSR count). The van der Waals surface area contributed by atoms with Gasteiger partial charge in [0.15, 0.2) is 11.5 Å². The molecule has 8 heteroatoms. The van der Waals surface area contributed by atoms with E-state index in [2.05, 4.69) is 10.3 Å². The number of alkyl halides is 3. The zero-order valence-electron chi connectivity index (χ0n) is 13.9. The van der Waals surface area contributed by atoms with Crippen molar-refractivity contribution in [1.82, 2.24) is 4.98 Å². The van der Waals surface area contributed by atoms with Crippen molar-refractivity contribution in [2.24, 2.45) is 0 Å². The standard InChI is InChI=1S/C18H15F3N2O2.ClH/c1-24-15-9-11-7-8-22-17(14(11)10-16(15)25-2)23-13-5-3-12(4-6-13)18(19,20)21;/h3-10H,1-2H3,(H,22,23);1H. The van der Waals surface area contributed by atoms with Gasteiger partial charge in [-0.3, -0.25) is 0 Å². The van der Waals surface area contributed by atoms with Crippen molar-refractivity contribution in [3.8, 4) is 11.5 Å². The third kappa shape index (κ3) is 3.94. The molecule has 1 heterocycles. The Hall–Kier alpha value is -2.67. The molecule has 4 nitrogen and oxygen atoms in total. The molecule has 0 aliphatic carbocycles. The van der Waals surface area contributed by atoms with E-state index in [0.29, 0.717) is 23.0 Å². The smallest absolute Gasteiger partial charge is 0.416 e. The number of fused-ring (bicyclic) bond motifs is 1. The number of methoxy groups -OCH3 is 2. The Morgan fingerprint density at radius 3 is 2.12 bits per heavy atom. The van der Waals surface area contributed by atoms with E-state index in [4.69, 9.17) is 9.47 Å². The van der Waals surface area contributed by atoms with Gasteiger partial charge in [-0.2, -0.15) is 13.2 Å². The van der Waals surface area contributed by atoms with Gasteiger partial charge in [-0.05, 0) is 47.9 Å². The molecule has 0 bridgehead atoms. The van der Waals surface area contributed by atoms with Crippen LogP contribution in [0.1, 0.15) is 5.56 Å². The van der Waals surface area contributed by atoms with Gasteiger partial charge in [0, 0.05) is 17.3 Å². The molecule has 2 aromatic carbocycles. The van der Waals surface area contributed by atoms with Crippen LogP contribution >= 0.6 is 12.4 Å². The Balaban J connectivity index is 0.00000243. The van der Waals surface area contributed by atoms with E-state index in [9.17, 15) is 13.2 Å². The second kappa shape index (κ2) is 7.70. The van der Waals surface area contributed by atoms with E-state index >= 15 is 0 Å². The van der Waals surface area contributed by atoms with Crippen LogP contribution in [0, 0.1) is 0 Å². The molecule has 0 spiro atoms. The average Bonchev–Trinajstić information content (AvgIpc) is 2.60. The molecule has 0 atom stereocenters. The maximum absolute atomic E-state index is 12.7. The van der Waals surface area contributed by atoms with Crippen molar-refractivity contribution in [2.45, 2.75) is 6.18 Å². The third-order valence-corrected chi connectivity index (χ3v) is 3.74. The zero-order chi connectivity index (χ0) is 18.0. The molecule has 138 valence electrons. The van der Waals surface area contributed by atoms with Crippen molar-refractivity contribution in [1.29, 1.82) is 0 Å². The van der Waals surface area contributed by atoms with Crippen molar-refractivity contribution in [2.75, 3.05) is 19.5 Å². The number of nitrogens with one attached hydrogen (secondary N) is 1. The summed E-state index contributed by atoms with van der Waals surface area (Å²) in [6.45, 7) is 0. The minimum Gasteiger partial charge on any atom is -0.493 e. The number of nitrogens with zero attached hydrogens (tertiary/aromatic N) is 1. The van der Waals surface area contributed by atoms with Gasteiger partial charge in [0.25, 0.3) is 0 Å². The van der Waals surface area contributed by atoms with Gasteiger partial charge >= 0.3 is 6.18 Å². The third-order valence-electron chi connectivity index (χ3n) is 3.74. The number of rotatable bonds is 4. The van der Waals surface area contributed by atoms with Crippen LogP contribution in [-0.4, -0.2) is 19.2 Å². The van der Waals surface area contributed by atoms with Crippen LogP contribution in [0.25, 0.3) is 10.8 Å². The second-order valence-corrected chi connectivity index (χ2v) is 5.29. The van der Waals surface area contributed by atoms with E-state index in [-0.39, 0.29) is 12.4 Å². The fourth-order valence-corrected chi connectivity index (χ4v) is 2.48. The van der Waals surface area contributed by atoms with Crippen LogP contribution in [0.15, 0.2) is 48.7 Å². The topological polar surface area (TPSA) is 43.4 Å². The first-order chi connectivity index (χ1) is 11.9. The highest BCUT2D eigenvalue weighted by Crippen LogP contribution is 2.36. The van der Waals surface area contributed by atoms with Crippen LogP contribution < -0.4 is 14.8 Å². The highest BCUT2D eigenvalue weighted by Gasteiger charge is 2.29. The lowest BCUT2D eigenvalue weighted by Crippen LogP contribution is -2.04. The summed E-state index contributed by atoms with van der Waals surface area (Å²) in [5, 5.41) is 4.67. The SMILES string of the molecule is COc1cc2ccnc(Nc3ccc(C(F)(F)F)cc3)c2cc1OC.Cl. The van der Waals surface area contributed by atoms with Crippen LogP contribution in [0.5, 0.6) is 11.5 Å². The van der Waals surface area contributed by atoms with Gasteiger partial charge in [-0.15, -0.1) is 12.4 Å². The summed E-state index contributed by atoms with van der Waals surface area (Å²) in [6.07, 6.45) is -2.75. The lowest BCUT2D eigenvalue weighted by Gasteiger charge is -2.13. The lowest BCUT2D eigenvalue weighted by atomic mass is 10.1. The predicted molar refractivity (Wildman–Crippen MR) is 96.8 cm³/mol. The van der Waals surface area contributed by atoms with Crippen molar-refractivity contribution >= 4 is 34.7 Å². The van der Waals surface area contributed by atoms with Crippen molar-refractivity contribution in [3.05, 3.63) is 54.2 Å². The van der Waals surface area contributed by atoms with Crippen LogP contribution in [0.4, 0.5) is 24.7 Å². The maximum atomic E-state index is 12.7. The minimum absolute atomic E-state index is 0. The molecular formula is C18H16ClF3N2O2. The van der Waals surface area contributed by atoms with Gasteiger partial charge in [-0.25, -0.2) is 4.98 Å². The number of pyridine rings is 1. The van der Waals surface area contributed by atoms with E-state index in [1.807, 2.05) is 12.1 Å². The fraction of sp³-hybridized carbons (Fsp3) is 0.167. The summed E-state index contributed by atoms with van der Waals surface area (Å²) in [7, 11) is 3.08. The highest BCUT2D eigenvalue weighted by atomic mass is 35.5. The van der Waals surface area contributed by atoms with Gasteiger partial charge in [0.2, 0.25) is 0 Å². The minimum atomic E-state index is -4.36. The Kier molecular flexibility index (Phi) is 5.82. The van der Waals surface area contributed by atoms with Crippen LogP contribution in [-0.2, 0) is 6.18 Å². The van der Waals surface area contributed by atoms with Gasteiger partial charge in [-0.1, -0.05) is 0 Å². The summed E-state index contributed by atoms with van der Waals surface area (Å²) in [5.74, 6) is 1.64. The number of aromatic nitrogens is 1. The number of halogens is 4. The molecule has 1 N–H and O–H groups in total. The second-order valence-electron chi connectivity index (χ2n) is 5.29. The molecule has 0 aliphatic heterocycles. The molecular weight excluding hydrogens is 369 g/mol. The molecule has 0 radical (unpaired) electrons. The molecule has 0 saturated heterocycles. The summed E-state index contributed by atoms with van der Waals surface area (Å²) in [4.78, 5) is 4.27. The normalized spacial score (nSPS) is 11.0. The maximum Gasteiger partial charge on any atom is 0.416 e. The average molecular weight is 385 g/mol. The molecule has 0 saturated carbocycles. The Morgan fingerprint density at radius 2 is 1.54 bits per heavy atom. The molecule has 1 aromatic heterocycles. The zero-order valence-corrected chi connectivity index (χ0v) is 14.7. The first-order valence-electron chi connectivity index (χ1n) is 7.37. The van der Waals surface area contributed by atoms with E-state index in [1.165, 1.54) is 19.2 Å². The monoisotopic (exact) mass is 384 g/mol. The number of ether oxygens (including phenoxy) is 2. The molecule has 0 aliphatic rings. The summed E-state index contributed by atoms with van der Waals surface area (Å²) in [6, 6.07) is 10.2. The van der Waals surface area contributed by atoms with Crippen LogP contribution in [0.2, 0.25) is 0 Å². The molecule has 0 amide bonds. The molecule has 0 unspecified atom stereocenters. The number of hydrogen-bond donors (Lipinski definition) is 1. The predicted octanol–water partition coefficient (Wildman–Crippen LogP) is 5.44.